The number of halogens is 1. The van der Waals surface area contributed by atoms with E-state index < -0.39 is 0 Å². The smallest absolute Gasteiger partial charge is 0.251 e. The van der Waals surface area contributed by atoms with Gasteiger partial charge in [-0.15, -0.1) is 0 Å². The Morgan fingerprint density at radius 1 is 1.33 bits per heavy atom. The molecule has 0 saturated heterocycles. The van der Waals surface area contributed by atoms with Gasteiger partial charge >= 0.3 is 0 Å². The van der Waals surface area contributed by atoms with E-state index in [1.54, 1.807) is 6.07 Å². The molecular weight excluding hydrogens is 248 g/mol. The summed E-state index contributed by atoms with van der Waals surface area (Å²) in [5, 5.41) is 0.702. The second kappa shape index (κ2) is 4.58. The van der Waals surface area contributed by atoms with Gasteiger partial charge in [-0.25, -0.2) is 4.98 Å². The fraction of sp³-hybridized carbons (Fsp3) is 0.286. The molecule has 92 valence electrons. The van der Waals surface area contributed by atoms with Crippen molar-refractivity contribution in [2.45, 2.75) is 25.2 Å². The Morgan fingerprint density at radius 3 is 2.89 bits per heavy atom. The molecule has 1 aliphatic carbocycles. The van der Waals surface area contributed by atoms with Gasteiger partial charge < -0.3 is 4.98 Å². The summed E-state index contributed by atoms with van der Waals surface area (Å²) >= 11 is 5.94. The van der Waals surface area contributed by atoms with Gasteiger partial charge in [0.1, 0.15) is 5.82 Å². The highest BCUT2D eigenvalue weighted by atomic mass is 35.5. The molecule has 0 radical (unpaired) electrons. The van der Waals surface area contributed by atoms with Crippen molar-refractivity contribution >= 4 is 11.6 Å². The van der Waals surface area contributed by atoms with Crippen LogP contribution in [0.2, 0.25) is 5.02 Å². The lowest BCUT2D eigenvalue weighted by Gasteiger charge is -2.04. The summed E-state index contributed by atoms with van der Waals surface area (Å²) in [6.07, 6.45) is 2.90. The quantitative estimate of drug-likeness (QED) is 0.922. The SMILES string of the molecule is O=c1cc(C2CC2)nc(Cc2cccc(Cl)c2)[nH]1. The molecule has 1 aliphatic rings. The number of benzene rings is 1. The summed E-state index contributed by atoms with van der Waals surface area (Å²) in [7, 11) is 0. The third kappa shape index (κ3) is 2.62. The maximum absolute atomic E-state index is 11.6. The Hall–Kier alpha value is -1.61. The van der Waals surface area contributed by atoms with Gasteiger partial charge in [-0.2, -0.15) is 0 Å². The maximum Gasteiger partial charge on any atom is 0.251 e. The van der Waals surface area contributed by atoms with E-state index in [1.807, 2.05) is 24.3 Å². The molecular formula is C14H13ClN2O. The van der Waals surface area contributed by atoms with Crippen molar-refractivity contribution in [3.05, 3.63) is 62.8 Å². The fourth-order valence-corrected chi connectivity index (χ4v) is 2.25. The van der Waals surface area contributed by atoms with E-state index in [0.717, 1.165) is 24.1 Å². The molecule has 0 unspecified atom stereocenters. The van der Waals surface area contributed by atoms with Crippen LogP contribution in [0.25, 0.3) is 0 Å². The number of nitrogens with zero attached hydrogens (tertiary/aromatic N) is 1. The van der Waals surface area contributed by atoms with E-state index in [-0.39, 0.29) is 5.56 Å². The van der Waals surface area contributed by atoms with Crippen LogP contribution in [0.5, 0.6) is 0 Å². The van der Waals surface area contributed by atoms with Crippen LogP contribution in [0.3, 0.4) is 0 Å². The Balaban J connectivity index is 1.90. The zero-order valence-corrected chi connectivity index (χ0v) is 10.6. The minimum absolute atomic E-state index is 0.0658. The predicted octanol–water partition coefficient (Wildman–Crippen LogP) is 2.89. The van der Waals surface area contributed by atoms with Crippen molar-refractivity contribution in [2.75, 3.05) is 0 Å². The van der Waals surface area contributed by atoms with Gasteiger partial charge in [0, 0.05) is 23.4 Å². The van der Waals surface area contributed by atoms with Crippen molar-refractivity contribution in [3.8, 4) is 0 Å². The summed E-state index contributed by atoms with van der Waals surface area (Å²) in [6.45, 7) is 0. The van der Waals surface area contributed by atoms with Crippen LogP contribution in [-0.2, 0) is 6.42 Å². The molecule has 1 aromatic carbocycles. The normalized spacial score (nSPS) is 14.7. The molecule has 18 heavy (non-hydrogen) atoms. The number of rotatable bonds is 3. The second-order valence-electron chi connectivity index (χ2n) is 4.70. The molecule has 1 fully saturated rings. The zero-order chi connectivity index (χ0) is 12.5. The van der Waals surface area contributed by atoms with Crippen molar-refractivity contribution in [2.24, 2.45) is 0 Å². The Labute approximate surface area is 110 Å². The van der Waals surface area contributed by atoms with E-state index in [9.17, 15) is 4.79 Å². The Bertz CT molecular complexity index is 632. The second-order valence-corrected chi connectivity index (χ2v) is 5.13. The predicted molar refractivity (Wildman–Crippen MR) is 71.1 cm³/mol. The van der Waals surface area contributed by atoms with Crippen molar-refractivity contribution < 1.29 is 0 Å². The molecule has 0 bridgehead atoms. The zero-order valence-electron chi connectivity index (χ0n) is 9.82. The summed E-state index contributed by atoms with van der Waals surface area (Å²) in [5.41, 5.74) is 1.92. The summed E-state index contributed by atoms with van der Waals surface area (Å²) in [6, 6.07) is 9.22. The van der Waals surface area contributed by atoms with Gasteiger partial charge in [0.25, 0.3) is 5.56 Å². The molecule has 1 heterocycles. The summed E-state index contributed by atoms with van der Waals surface area (Å²) in [4.78, 5) is 18.9. The number of nitrogens with one attached hydrogen (secondary N) is 1. The first-order valence-corrected chi connectivity index (χ1v) is 6.43. The van der Waals surface area contributed by atoms with Crippen molar-refractivity contribution in [1.82, 2.24) is 9.97 Å². The minimum Gasteiger partial charge on any atom is -0.310 e. The van der Waals surface area contributed by atoms with Crippen LogP contribution in [0.4, 0.5) is 0 Å². The summed E-state index contributed by atoms with van der Waals surface area (Å²) < 4.78 is 0. The van der Waals surface area contributed by atoms with Crippen LogP contribution in [0.15, 0.2) is 35.1 Å². The van der Waals surface area contributed by atoms with Gasteiger partial charge in [0.05, 0.1) is 5.69 Å². The van der Waals surface area contributed by atoms with Crippen LogP contribution in [0.1, 0.15) is 35.8 Å². The minimum atomic E-state index is -0.0658. The number of H-pyrrole nitrogens is 1. The van der Waals surface area contributed by atoms with E-state index in [1.165, 1.54) is 0 Å². The van der Waals surface area contributed by atoms with E-state index in [2.05, 4.69) is 9.97 Å². The lowest BCUT2D eigenvalue weighted by molar-refractivity contribution is 0.882. The highest BCUT2D eigenvalue weighted by Gasteiger charge is 2.25. The topological polar surface area (TPSA) is 45.8 Å². The van der Waals surface area contributed by atoms with Gasteiger partial charge in [0.2, 0.25) is 0 Å². The van der Waals surface area contributed by atoms with Crippen molar-refractivity contribution in [1.29, 1.82) is 0 Å². The molecule has 0 spiro atoms. The first kappa shape index (κ1) is 11.5. The molecule has 0 aliphatic heterocycles. The number of hydrogen-bond donors (Lipinski definition) is 1. The standard InChI is InChI=1S/C14H13ClN2O/c15-11-3-1-2-9(6-11)7-13-16-12(10-4-5-10)8-14(18)17-13/h1-3,6,8,10H,4-5,7H2,(H,16,17,18). The van der Waals surface area contributed by atoms with Gasteiger partial charge in [-0.05, 0) is 30.5 Å². The highest BCUT2D eigenvalue weighted by molar-refractivity contribution is 6.30. The average Bonchev–Trinajstić information content (AvgIpc) is 3.11. The van der Waals surface area contributed by atoms with Gasteiger partial charge in [-0.1, -0.05) is 23.7 Å². The fourth-order valence-electron chi connectivity index (χ4n) is 2.04. The van der Waals surface area contributed by atoms with Crippen LogP contribution in [-0.4, -0.2) is 9.97 Å². The molecule has 3 nitrogen and oxygen atoms in total. The molecule has 0 atom stereocenters. The van der Waals surface area contributed by atoms with E-state index in [4.69, 9.17) is 11.6 Å². The molecule has 1 saturated carbocycles. The third-order valence-corrected chi connectivity index (χ3v) is 3.30. The molecule has 3 rings (SSSR count). The largest absolute Gasteiger partial charge is 0.310 e. The lowest BCUT2D eigenvalue weighted by Crippen LogP contribution is -2.12. The number of hydrogen-bond acceptors (Lipinski definition) is 2. The lowest BCUT2D eigenvalue weighted by atomic mass is 10.1. The van der Waals surface area contributed by atoms with Gasteiger partial charge in [0.15, 0.2) is 0 Å². The molecule has 4 heteroatoms. The molecule has 1 aromatic heterocycles. The molecule has 0 amide bonds. The first-order valence-electron chi connectivity index (χ1n) is 6.05. The number of aromatic nitrogens is 2. The third-order valence-electron chi connectivity index (χ3n) is 3.07. The molecule has 1 N–H and O–H groups in total. The van der Waals surface area contributed by atoms with E-state index >= 15 is 0 Å². The van der Waals surface area contributed by atoms with E-state index in [0.29, 0.717) is 23.2 Å². The highest BCUT2D eigenvalue weighted by Crippen LogP contribution is 2.38. The monoisotopic (exact) mass is 260 g/mol. The van der Waals surface area contributed by atoms with Crippen molar-refractivity contribution in [3.63, 3.8) is 0 Å². The maximum atomic E-state index is 11.6. The van der Waals surface area contributed by atoms with Gasteiger partial charge in [-0.3, -0.25) is 4.79 Å². The number of aromatic amines is 1. The van der Waals surface area contributed by atoms with Crippen LogP contribution >= 0.6 is 11.6 Å². The Morgan fingerprint density at radius 2 is 2.17 bits per heavy atom. The first-order chi connectivity index (χ1) is 8.70. The molecule has 2 aromatic rings. The Kier molecular flexibility index (Phi) is 2.92. The van der Waals surface area contributed by atoms with Crippen LogP contribution < -0.4 is 5.56 Å². The average molecular weight is 261 g/mol. The van der Waals surface area contributed by atoms with Crippen LogP contribution in [0, 0.1) is 0 Å². The summed E-state index contributed by atoms with van der Waals surface area (Å²) in [5.74, 6) is 1.21.